The largest absolute Gasteiger partial charge is 0.497 e. The fourth-order valence-electron chi connectivity index (χ4n) is 2.15. The Morgan fingerprint density at radius 1 is 1.24 bits per heavy atom. The van der Waals surface area contributed by atoms with E-state index in [2.05, 4.69) is 27.5 Å². The minimum Gasteiger partial charge on any atom is -0.497 e. The highest BCUT2D eigenvalue weighted by molar-refractivity contribution is 5.55. The van der Waals surface area contributed by atoms with Crippen LogP contribution in [0.3, 0.4) is 0 Å². The lowest BCUT2D eigenvalue weighted by Crippen LogP contribution is -2.05. The summed E-state index contributed by atoms with van der Waals surface area (Å²) in [5.74, 6) is 1.16. The summed E-state index contributed by atoms with van der Waals surface area (Å²) in [6.45, 7) is 0.839. The Bertz CT molecular complexity index is 735. The zero-order chi connectivity index (χ0) is 14.7. The number of nitrogens with one attached hydrogen (secondary N) is 1. The van der Waals surface area contributed by atoms with Gasteiger partial charge in [-0.3, -0.25) is 0 Å². The highest BCUT2D eigenvalue weighted by atomic mass is 16.5. The Morgan fingerprint density at radius 3 is 2.81 bits per heavy atom. The molecule has 0 saturated heterocycles. The Labute approximate surface area is 122 Å². The summed E-state index contributed by atoms with van der Waals surface area (Å²) in [6, 6.07) is 12.0. The number of aromatic nitrogens is 3. The summed E-state index contributed by atoms with van der Waals surface area (Å²) >= 11 is 0. The lowest BCUT2D eigenvalue weighted by Gasteiger charge is -2.07. The van der Waals surface area contributed by atoms with Crippen molar-refractivity contribution < 1.29 is 4.74 Å². The van der Waals surface area contributed by atoms with Crippen molar-refractivity contribution >= 4 is 17.3 Å². The van der Waals surface area contributed by atoms with Gasteiger partial charge < -0.3 is 15.8 Å². The van der Waals surface area contributed by atoms with Gasteiger partial charge in [0.25, 0.3) is 0 Å². The van der Waals surface area contributed by atoms with Gasteiger partial charge in [0.1, 0.15) is 5.75 Å². The fourth-order valence-corrected chi connectivity index (χ4v) is 2.15. The van der Waals surface area contributed by atoms with Crippen molar-refractivity contribution in [2.75, 3.05) is 24.7 Å². The van der Waals surface area contributed by atoms with Crippen molar-refractivity contribution in [1.29, 1.82) is 0 Å². The molecule has 1 aromatic carbocycles. The van der Waals surface area contributed by atoms with E-state index in [1.54, 1.807) is 11.6 Å². The van der Waals surface area contributed by atoms with E-state index in [0.717, 1.165) is 30.0 Å². The zero-order valence-corrected chi connectivity index (χ0v) is 11.8. The van der Waals surface area contributed by atoms with Crippen LogP contribution in [0.5, 0.6) is 5.75 Å². The van der Waals surface area contributed by atoms with Gasteiger partial charge in [-0.05, 0) is 30.2 Å². The number of ether oxygens (including phenoxy) is 1. The van der Waals surface area contributed by atoms with Gasteiger partial charge in [-0.15, -0.1) is 5.10 Å². The average Bonchev–Trinajstić information content (AvgIpc) is 2.87. The molecule has 3 aromatic rings. The summed E-state index contributed by atoms with van der Waals surface area (Å²) in [6.07, 6.45) is 2.78. The van der Waals surface area contributed by atoms with Crippen LogP contribution in [-0.2, 0) is 6.42 Å². The van der Waals surface area contributed by atoms with Crippen LogP contribution in [0.15, 0.2) is 42.6 Å². The maximum Gasteiger partial charge on any atom is 0.240 e. The van der Waals surface area contributed by atoms with Gasteiger partial charge in [0.15, 0.2) is 5.65 Å². The second-order valence-electron chi connectivity index (χ2n) is 4.71. The molecule has 0 unspecified atom stereocenters. The summed E-state index contributed by atoms with van der Waals surface area (Å²) in [4.78, 5) is 4.13. The quantitative estimate of drug-likeness (QED) is 0.748. The third kappa shape index (κ3) is 3.05. The van der Waals surface area contributed by atoms with Gasteiger partial charge in [0.05, 0.1) is 7.11 Å². The van der Waals surface area contributed by atoms with Gasteiger partial charge in [0, 0.05) is 24.5 Å². The summed E-state index contributed by atoms with van der Waals surface area (Å²) in [5, 5.41) is 7.41. The molecule has 0 spiro atoms. The lowest BCUT2D eigenvalue weighted by atomic mass is 10.1. The number of nitrogens with zero attached hydrogens (tertiary/aromatic N) is 3. The molecule has 0 amide bonds. The SMILES string of the molecule is COc1ccc(CCNc2ccn3nc(N)nc3c2)cc1. The van der Waals surface area contributed by atoms with Crippen molar-refractivity contribution in [3.8, 4) is 5.75 Å². The molecule has 3 rings (SSSR count). The third-order valence-electron chi connectivity index (χ3n) is 3.26. The smallest absolute Gasteiger partial charge is 0.240 e. The number of methoxy groups -OCH3 is 1. The Morgan fingerprint density at radius 2 is 2.05 bits per heavy atom. The Kier molecular flexibility index (Phi) is 3.59. The fraction of sp³-hybridized carbons (Fsp3) is 0.200. The Balaban J connectivity index is 1.60. The van der Waals surface area contributed by atoms with Crippen LogP contribution in [-0.4, -0.2) is 28.3 Å². The second-order valence-corrected chi connectivity index (χ2v) is 4.71. The molecule has 21 heavy (non-hydrogen) atoms. The number of pyridine rings is 1. The molecule has 108 valence electrons. The van der Waals surface area contributed by atoms with E-state index in [1.165, 1.54) is 5.56 Å². The van der Waals surface area contributed by atoms with Crippen LogP contribution in [0, 0.1) is 0 Å². The number of fused-ring (bicyclic) bond motifs is 1. The van der Waals surface area contributed by atoms with E-state index in [-0.39, 0.29) is 5.95 Å². The highest BCUT2D eigenvalue weighted by Gasteiger charge is 2.01. The predicted octanol–water partition coefficient (Wildman–Crippen LogP) is 1.97. The van der Waals surface area contributed by atoms with E-state index in [9.17, 15) is 0 Å². The molecule has 0 atom stereocenters. The summed E-state index contributed by atoms with van der Waals surface area (Å²) in [7, 11) is 1.67. The lowest BCUT2D eigenvalue weighted by molar-refractivity contribution is 0.414. The molecule has 2 heterocycles. The van der Waals surface area contributed by atoms with Gasteiger partial charge in [-0.1, -0.05) is 12.1 Å². The van der Waals surface area contributed by atoms with Crippen LogP contribution in [0.4, 0.5) is 11.6 Å². The van der Waals surface area contributed by atoms with Crippen LogP contribution in [0.25, 0.3) is 5.65 Å². The monoisotopic (exact) mass is 283 g/mol. The van der Waals surface area contributed by atoms with Crippen LogP contribution in [0.1, 0.15) is 5.56 Å². The minimum absolute atomic E-state index is 0.283. The zero-order valence-electron chi connectivity index (χ0n) is 11.8. The van der Waals surface area contributed by atoms with E-state index in [4.69, 9.17) is 10.5 Å². The third-order valence-corrected chi connectivity index (χ3v) is 3.26. The molecule has 0 fully saturated rings. The summed E-state index contributed by atoms with van der Waals surface area (Å²) in [5.41, 5.74) is 8.57. The topological polar surface area (TPSA) is 77.5 Å². The average molecular weight is 283 g/mol. The minimum atomic E-state index is 0.283. The van der Waals surface area contributed by atoms with Crippen molar-refractivity contribution in [3.63, 3.8) is 0 Å². The van der Waals surface area contributed by atoms with Crippen molar-refractivity contribution in [2.45, 2.75) is 6.42 Å². The number of nitrogens with two attached hydrogens (primary N) is 1. The second kappa shape index (κ2) is 5.70. The number of rotatable bonds is 5. The number of benzene rings is 1. The molecule has 6 heteroatoms. The number of hydrogen-bond donors (Lipinski definition) is 2. The normalized spacial score (nSPS) is 10.7. The first-order chi connectivity index (χ1) is 10.2. The molecule has 2 aromatic heterocycles. The van der Waals surface area contributed by atoms with Crippen LogP contribution in [0.2, 0.25) is 0 Å². The first kappa shape index (κ1) is 13.2. The van der Waals surface area contributed by atoms with Gasteiger partial charge >= 0.3 is 0 Å². The molecular formula is C15H17N5O. The first-order valence-electron chi connectivity index (χ1n) is 6.73. The number of hydrogen-bond acceptors (Lipinski definition) is 5. The molecule has 0 aliphatic rings. The standard InChI is InChI=1S/C15H17N5O/c1-21-13-4-2-11(3-5-13)6-8-17-12-7-9-20-14(10-12)18-15(16)19-20/h2-5,7,9-10,17H,6,8H2,1H3,(H2,16,19). The van der Waals surface area contributed by atoms with Gasteiger partial charge in [-0.25, -0.2) is 4.52 Å². The van der Waals surface area contributed by atoms with E-state index >= 15 is 0 Å². The predicted molar refractivity (Wildman–Crippen MR) is 82.6 cm³/mol. The van der Waals surface area contributed by atoms with E-state index < -0.39 is 0 Å². The molecule has 0 aliphatic carbocycles. The summed E-state index contributed by atoms with van der Waals surface area (Å²) < 4.78 is 6.80. The molecular weight excluding hydrogens is 266 g/mol. The highest BCUT2D eigenvalue weighted by Crippen LogP contribution is 2.13. The van der Waals surface area contributed by atoms with Gasteiger partial charge in [0.2, 0.25) is 5.95 Å². The van der Waals surface area contributed by atoms with Gasteiger partial charge in [-0.2, -0.15) is 4.98 Å². The van der Waals surface area contributed by atoms with Crippen molar-refractivity contribution in [2.24, 2.45) is 0 Å². The maximum absolute atomic E-state index is 5.57. The number of anilines is 2. The number of nitrogen functional groups attached to an aromatic ring is 1. The maximum atomic E-state index is 5.57. The molecule has 0 aliphatic heterocycles. The molecule has 6 nitrogen and oxygen atoms in total. The van der Waals surface area contributed by atoms with E-state index in [1.807, 2.05) is 30.5 Å². The van der Waals surface area contributed by atoms with Crippen LogP contribution < -0.4 is 15.8 Å². The molecule has 3 N–H and O–H groups in total. The Hall–Kier alpha value is -2.76. The molecule has 0 saturated carbocycles. The van der Waals surface area contributed by atoms with Crippen molar-refractivity contribution in [3.05, 3.63) is 48.2 Å². The molecule has 0 bridgehead atoms. The van der Waals surface area contributed by atoms with E-state index in [0.29, 0.717) is 0 Å². The van der Waals surface area contributed by atoms with Crippen molar-refractivity contribution in [1.82, 2.24) is 14.6 Å². The molecule has 0 radical (unpaired) electrons. The van der Waals surface area contributed by atoms with Crippen LogP contribution >= 0.6 is 0 Å². The first-order valence-corrected chi connectivity index (χ1v) is 6.73.